The first-order valence-corrected chi connectivity index (χ1v) is 7.33. The van der Waals surface area contributed by atoms with Crippen molar-refractivity contribution in [1.82, 2.24) is 10.3 Å². The molecule has 0 fully saturated rings. The highest BCUT2D eigenvalue weighted by molar-refractivity contribution is 7.84. The Morgan fingerprint density at radius 2 is 2.21 bits per heavy atom. The van der Waals surface area contributed by atoms with Crippen LogP contribution in [-0.4, -0.2) is 44.2 Å². The molecule has 0 aliphatic heterocycles. The Morgan fingerprint density at radius 1 is 1.53 bits per heavy atom. The van der Waals surface area contributed by atoms with Crippen molar-refractivity contribution in [2.24, 2.45) is 0 Å². The number of rotatable bonds is 6. The van der Waals surface area contributed by atoms with Crippen LogP contribution in [0, 0.1) is 0 Å². The van der Waals surface area contributed by atoms with Crippen molar-refractivity contribution in [3.05, 3.63) is 29.6 Å². The second-order valence-corrected chi connectivity index (χ2v) is 5.89. The van der Waals surface area contributed by atoms with Gasteiger partial charge in [0.1, 0.15) is 5.69 Å². The summed E-state index contributed by atoms with van der Waals surface area (Å²) in [4.78, 5) is 26.1. The van der Waals surface area contributed by atoms with Gasteiger partial charge in [0, 0.05) is 40.6 Å². The lowest BCUT2D eigenvalue weighted by atomic mass is 10.2. The van der Waals surface area contributed by atoms with Gasteiger partial charge in [-0.1, -0.05) is 6.92 Å². The summed E-state index contributed by atoms with van der Waals surface area (Å²) < 4.78 is 11.1. The van der Waals surface area contributed by atoms with Gasteiger partial charge in [-0.05, 0) is 18.6 Å². The van der Waals surface area contributed by atoms with Crippen LogP contribution in [0.5, 0.6) is 0 Å². The zero-order chi connectivity index (χ0) is 14.4. The Balaban J connectivity index is 2.56. The fraction of sp³-hybridized carbons (Fsp3) is 0.417. The molecule has 0 spiro atoms. The molecule has 1 aromatic rings. The summed E-state index contributed by atoms with van der Waals surface area (Å²) in [6, 6.07) is 2.67. The molecule has 0 aliphatic rings. The number of nitrogens with one attached hydrogen (secondary N) is 1. The number of aromatic carboxylic acids is 1. The lowest BCUT2D eigenvalue weighted by Crippen LogP contribution is -2.27. The molecule has 104 valence electrons. The summed E-state index contributed by atoms with van der Waals surface area (Å²) in [6.07, 6.45) is 3.50. The average molecular weight is 284 g/mol. The molecule has 2 N–H and O–H groups in total. The van der Waals surface area contributed by atoms with Crippen LogP contribution in [0.3, 0.4) is 0 Å². The molecule has 1 rings (SSSR count). The molecule has 0 radical (unpaired) electrons. The van der Waals surface area contributed by atoms with Crippen molar-refractivity contribution in [2.75, 3.05) is 12.8 Å². The van der Waals surface area contributed by atoms with Crippen LogP contribution in [0.4, 0.5) is 0 Å². The Labute approximate surface area is 113 Å². The number of nitrogens with zero attached hydrogens (tertiary/aromatic N) is 1. The second kappa shape index (κ2) is 6.98. The number of aromatic nitrogens is 1. The minimum Gasteiger partial charge on any atom is -0.477 e. The highest BCUT2D eigenvalue weighted by atomic mass is 32.2. The van der Waals surface area contributed by atoms with Gasteiger partial charge in [-0.3, -0.25) is 9.00 Å². The number of carbonyl (C=O) groups is 2. The molecule has 1 heterocycles. The van der Waals surface area contributed by atoms with Gasteiger partial charge in [0.15, 0.2) is 0 Å². The molecular formula is C12H16N2O4S. The van der Waals surface area contributed by atoms with E-state index in [9.17, 15) is 13.8 Å². The largest absolute Gasteiger partial charge is 0.477 e. The predicted molar refractivity (Wildman–Crippen MR) is 71.7 cm³/mol. The maximum atomic E-state index is 11.8. The van der Waals surface area contributed by atoms with Crippen LogP contribution >= 0.6 is 0 Å². The van der Waals surface area contributed by atoms with E-state index in [0.717, 1.165) is 0 Å². The molecule has 0 saturated heterocycles. The molecule has 6 nitrogen and oxygen atoms in total. The van der Waals surface area contributed by atoms with Crippen molar-refractivity contribution in [1.29, 1.82) is 0 Å². The Bertz CT molecular complexity index is 504. The van der Waals surface area contributed by atoms with E-state index in [1.165, 1.54) is 18.3 Å². The quantitative estimate of drug-likeness (QED) is 0.800. The number of amides is 1. The third-order valence-corrected chi connectivity index (χ3v) is 4.01. The summed E-state index contributed by atoms with van der Waals surface area (Å²) in [5.74, 6) is -1.54. The van der Waals surface area contributed by atoms with Crippen LogP contribution in [0.2, 0.25) is 0 Å². The number of carboxylic acid groups (broad SMARTS) is 1. The fourth-order valence-electron chi connectivity index (χ4n) is 1.35. The molecule has 1 amide bonds. The monoisotopic (exact) mass is 284 g/mol. The van der Waals surface area contributed by atoms with E-state index in [4.69, 9.17) is 5.11 Å². The van der Waals surface area contributed by atoms with E-state index in [-0.39, 0.29) is 22.4 Å². The van der Waals surface area contributed by atoms with E-state index in [0.29, 0.717) is 13.0 Å². The van der Waals surface area contributed by atoms with Crippen LogP contribution in [-0.2, 0) is 10.8 Å². The first-order valence-electron chi connectivity index (χ1n) is 5.71. The molecule has 0 aliphatic carbocycles. The van der Waals surface area contributed by atoms with Crippen LogP contribution in [0.15, 0.2) is 18.3 Å². The van der Waals surface area contributed by atoms with Gasteiger partial charge in [0.05, 0.1) is 0 Å². The SMILES string of the molecule is CC(CCNC(=O)c1ccnc(C(=O)O)c1)S(C)=O. The van der Waals surface area contributed by atoms with Gasteiger partial charge in [-0.15, -0.1) is 0 Å². The minimum absolute atomic E-state index is 0.00678. The third kappa shape index (κ3) is 4.78. The summed E-state index contributed by atoms with van der Waals surface area (Å²) in [5, 5.41) is 11.4. The highest BCUT2D eigenvalue weighted by Crippen LogP contribution is 2.03. The summed E-state index contributed by atoms with van der Waals surface area (Å²) in [7, 11) is -0.918. The Kier molecular flexibility index (Phi) is 5.62. The molecule has 7 heteroatoms. The van der Waals surface area contributed by atoms with Gasteiger partial charge < -0.3 is 10.4 Å². The Morgan fingerprint density at radius 3 is 2.79 bits per heavy atom. The van der Waals surface area contributed by atoms with Crippen molar-refractivity contribution in [2.45, 2.75) is 18.6 Å². The minimum atomic E-state index is -1.18. The van der Waals surface area contributed by atoms with Gasteiger partial charge in [0.2, 0.25) is 0 Å². The van der Waals surface area contributed by atoms with Crippen molar-refractivity contribution in [3.8, 4) is 0 Å². The van der Waals surface area contributed by atoms with E-state index in [1.54, 1.807) is 6.26 Å². The number of pyridine rings is 1. The molecule has 1 aromatic heterocycles. The number of hydrogen-bond donors (Lipinski definition) is 2. The first-order chi connectivity index (χ1) is 8.91. The van der Waals surface area contributed by atoms with E-state index in [1.807, 2.05) is 6.92 Å². The third-order valence-electron chi connectivity index (χ3n) is 2.64. The molecular weight excluding hydrogens is 268 g/mol. The van der Waals surface area contributed by atoms with Gasteiger partial charge in [-0.2, -0.15) is 0 Å². The van der Waals surface area contributed by atoms with E-state index in [2.05, 4.69) is 10.3 Å². The van der Waals surface area contributed by atoms with Crippen LogP contribution < -0.4 is 5.32 Å². The molecule has 0 aromatic carbocycles. The standard InChI is InChI=1S/C12H16N2O4S/c1-8(19(2)18)3-5-14-11(15)9-4-6-13-10(7-9)12(16)17/h4,6-8H,3,5H2,1-2H3,(H,14,15)(H,16,17). The number of carboxylic acids is 1. The zero-order valence-electron chi connectivity index (χ0n) is 10.8. The summed E-state index contributed by atoms with van der Waals surface area (Å²) >= 11 is 0. The van der Waals surface area contributed by atoms with E-state index >= 15 is 0 Å². The molecule has 19 heavy (non-hydrogen) atoms. The smallest absolute Gasteiger partial charge is 0.354 e. The number of carbonyl (C=O) groups excluding carboxylic acids is 1. The summed E-state index contributed by atoms with van der Waals surface area (Å²) in [6.45, 7) is 2.24. The van der Waals surface area contributed by atoms with Gasteiger partial charge in [0.25, 0.3) is 5.91 Å². The topological polar surface area (TPSA) is 96.4 Å². The average Bonchev–Trinajstić information content (AvgIpc) is 2.38. The van der Waals surface area contributed by atoms with Crippen LogP contribution in [0.25, 0.3) is 0 Å². The first kappa shape index (κ1) is 15.3. The summed E-state index contributed by atoms with van der Waals surface area (Å²) in [5.41, 5.74) is 0.0772. The number of hydrogen-bond acceptors (Lipinski definition) is 4. The molecule has 0 saturated carbocycles. The zero-order valence-corrected chi connectivity index (χ0v) is 11.6. The Hall–Kier alpha value is -1.76. The fourth-order valence-corrected chi connectivity index (χ4v) is 1.80. The maximum Gasteiger partial charge on any atom is 0.354 e. The van der Waals surface area contributed by atoms with E-state index < -0.39 is 16.8 Å². The molecule has 2 unspecified atom stereocenters. The van der Waals surface area contributed by atoms with Crippen LogP contribution in [0.1, 0.15) is 34.2 Å². The predicted octanol–water partition coefficient (Wildman–Crippen LogP) is 0.667. The maximum absolute atomic E-state index is 11.8. The second-order valence-electron chi connectivity index (χ2n) is 4.09. The van der Waals surface area contributed by atoms with Crippen molar-refractivity contribution < 1.29 is 18.9 Å². The normalized spacial score (nSPS) is 13.6. The highest BCUT2D eigenvalue weighted by Gasteiger charge is 2.11. The van der Waals surface area contributed by atoms with Crippen molar-refractivity contribution in [3.63, 3.8) is 0 Å². The molecule has 2 atom stereocenters. The lowest BCUT2D eigenvalue weighted by molar-refractivity contribution is 0.0690. The molecule has 0 bridgehead atoms. The lowest BCUT2D eigenvalue weighted by Gasteiger charge is -2.09. The van der Waals surface area contributed by atoms with Crippen molar-refractivity contribution >= 4 is 22.7 Å². The van der Waals surface area contributed by atoms with Gasteiger partial charge >= 0.3 is 5.97 Å². The van der Waals surface area contributed by atoms with Gasteiger partial charge in [-0.25, -0.2) is 9.78 Å².